The van der Waals surface area contributed by atoms with E-state index in [0.717, 1.165) is 0 Å². The smallest absolute Gasteiger partial charge is 0.330 e. The van der Waals surface area contributed by atoms with Gasteiger partial charge < -0.3 is 4.74 Å². The van der Waals surface area contributed by atoms with Crippen molar-refractivity contribution in [2.45, 2.75) is 32.6 Å². The molecule has 0 aromatic heterocycles. The first-order valence-corrected chi connectivity index (χ1v) is 8.98. The largest absolute Gasteiger partial charge is 0.466 e. The van der Waals surface area contributed by atoms with E-state index in [1.807, 2.05) is 6.08 Å². The van der Waals surface area contributed by atoms with Crippen LogP contribution >= 0.6 is 0 Å². The van der Waals surface area contributed by atoms with E-state index in [0.29, 0.717) is 5.92 Å². The molecule has 15 heavy (non-hydrogen) atoms. The van der Waals surface area contributed by atoms with Crippen molar-refractivity contribution in [3.8, 4) is 0 Å². The fraction of sp³-hybridized carbons (Fsp3) is 0.583. The second kappa shape index (κ2) is 6.61. The van der Waals surface area contributed by atoms with Gasteiger partial charge in [-0.05, 0) is 12.0 Å². The number of esters is 1. The maximum atomic E-state index is 10.8. The fourth-order valence-electron chi connectivity index (χ4n) is 0.999. The van der Waals surface area contributed by atoms with Gasteiger partial charge in [0.25, 0.3) is 0 Å². The topological polar surface area (TPSA) is 26.3 Å². The third-order valence-corrected chi connectivity index (χ3v) is 3.37. The molecule has 0 fully saturated rings. The average Bonchev–Trinajstić information content (AvgIpc) is 2.12. The van der Waals surface area contributed by atoms with E-state index in [1.54, 1.807) is 0 Å². The Bertz CT molecular complexity index is 249. The first-order chi connectivity index (χ1) is 6.85. The van der Waals surface area contributed by atoms with Crippen LogP contribution in [0.4, 0.5) is 0 Å². The van der Waals surface area contributed by atoms with Gasteiger partial charge in [-0.2, -0.15) is 0 Å². The highest BCUT2D eigenvalue weighted by Gasteiger charge is 2.09. The van der Waals surface area contributed by atoms with Crippen LogP contribution in [0.15, 0.2) is 24.3 Å². The van der Waals surface area contributed by atoms with E-state index in [9.17, 15) is 4.79 Å². The Morgan fingerprint density at radius 1 is 1.33 bits per heavy atom. The van der Waals surface area contributed by atoms with E-state index < -0.39 is 8.07 Å². The molecule has 0 saturated heterocycles. The third-order valence-electron chi connectivity index (χ3n) is 1.91. The standard InChI is InChI=1S/C12H22O2Si/c1-11(8-9-12(13)14-2)7-6-10-15(3,4)5/h6-9,11H,10H2,1-5H3/b7-6-,9-8+. The molecule has 0 spiro atoms. The fourth-order valence-corrected chi connectivity index (χ4v) is 1.84. The lowest BCUT2D eigenvalue weighted by Gasteiger charge is -2.11. The molecule has 0 aromatic carbocycles. The van der Waals surface area contributed by atoms with Gasteiger partial charge in [0.2, 0.25) is 0 Å². The molecule has 0 heterocycles. The lowest BCUT2D eigenvalue weighted by Crippen LogP contribution is -2.17. The minimum absolute atomic E-state index is 0.291. The molecular weight excluding hydrogens is 204 g/mol. The number of carbonyl (C=O) groups is 1. The molecular formula is C12H22O2Si. The van der Waals surface area contributed by atoms with Gasteiger partial charge in [-0.15, -0.1) is 0 Å². The molecule has 0 aliphatic carbocycles. The van der Waals surface area contributed by atoms with E-state index in [4.69, 9.17) is 0 Å². The molecule has 1 atom stereocenters. The Morgan fingerprint density at radius 2 is 1.93 bits per heavy atom. The lowest BCUT2D eigenvalue weighted by atomic mass is 10.1. The van der Waals surface area contributed by atoms with Crippen molar-refractivity contribution in [2.75, 3.05) is 7.11 Å². The van der Waals surface area contributed by atoms with Gasteiger partial charge >= 0.3 is 5.97 Å². The summed E-state index contributed by atoms with van der Waals surface area (Å²) in [6, 6.07) is 1.18. The highest BCUT2D eigenvalue weighted by atomic mass is 28.3. The summed E-state index contributed by atoms with van der Waals surface area (Å²) >= 11 is 0. The second-order valence-corrected chi connectivity index (χ2v) is 10.5. The summed E-state index contributed by atoms with van der Waals surface area (Å²) in [4.78, 5) is 10.8. The van der Waals surface area contributed by atoms with Crippen LogP contribution in [0, 0.1) is 5.92 Å². The predicted molar refractivity (Wildman–Crippen MR) is 67.6 cm³/mol. The lowest BCUT2D eigenvalue weighted by molar-refractivity contribution is -0.134. The Labute approximate surface area is 94.0 Å². The summed E-state index contributed by atoms with van der Waals surface area (Å²) in [7, 11) is 0.409. The Hall–Kier alpha value is -0.833. The average molecular weight is 226 g/mol. The quantitative estimate of drug-likeness (QED) is 0.311. The second-order valence-electron chi connectivity index (χ2n) is 4.93. The summed E-state index contributed by atoms with van der Waals surface area (Å²) in [5, 5.41) is 0. The Balaban J connectivity index is 3.98. The monoisotopic (exact) mass is 226 g/mol. The minimum Gasteiger partial charge on any atom is -0.466 e. The van der Waals surface area contributed by atoms with Crippen LogP contribution in [0.3, 0.4) is 0 Å². The molecule has 0 bridgehead atoms. The molecule has 3 heteroatoms. The summed E-state index contributed by atoms with van der Waals surface area (Å²) in [6.45, 7) is 9.07. The third kappa shape index (κ3) is 9.47. The first-order valence-electron chi connectivity index (χ1n) is 5.28. The number of ether oxygens (including phenoxy) is 1. The SMILES string of the molecule is COC(=O)/C=C/C(C)/C=C\C[Si](C)(C)C. The van der Waals surface area contributed by atoms with Crippen molar-refractivity contribution in [1.82, 2.24) is 0 Å². The van der Waals surface area contributed by atoms with Crippen LogP contribution < -0.4 is 0 Å². The van der Waals surface area contributed by atoms with Crippen LogP contribution in [0.2, 0.25) is 25.7 Å². The predicted octanol–water partition coefficient (Wildman–Crippen LogP) is 3.25. The van der Waals surface area contributed by atoms with Crippen LogP contribution in [0.1, 0.15) is 6.92 Å². The summed E-state index contributed by atoms with van der Waals surface area (Å²) in [5.74, 6) is 0.000830. The highest BCUT2D eigenvalue weighted by molar-refractivity contribution is 6.76. The van der Waals surface area contributed by atoms with Gasteiger partial charge in [-0.3, -0.25) is 0 Å². The number of methoxy groups -OCH3 is 1. The molecule has 0 aliphatic heterocycles. The van der Waals surface area contributed by atoms with Gasteiger partial charge in [0.05, 0.1) is 7.11 Å². The first kappa shape index (κ1) is 14.2. The molecule has 1 unspecified atom stereocenters. The molecule has 2 nitrogen and oxygen atoms in total. The van der Waals surface area contributed by atoms with Crippen molar-refractivity contribution < 1.29 is 9.53 Å². The van der Waals surface area contributed by atoms with Gasteiger partial charge in [0.15, 0.2) is 0 Å². The van der Waals surface area contributed by atoms with Gasteiger partial charge in [-0.1, -0.05) is 44.8 Å². The molecule has 0 saturated carbocycles. The molecule has 0 amide bonds. The molecule has 86 valence electrons. The number of allylic oxidation sites excluding steroid dienone is 3. The molecule has 0 aromatic rings. The summed E-state index contributed by atoms with van der Waals surface area (Å²) in [5.41, 5.74) is 0. The van der Waals surface area contributed by atoms with Gasteiger partial charge in [0.1, 0.15) is 0 Å². The maximum Gasteiger partial charge on any atom is 0.330 e. The summed E-state index contributed by atoms with van der Waals surface area (Å²) in [6.07, 6.45) is 7.69. The maximum absolute atomic E-state index is 10.8. The van der Waals surface area contributed by atoms with E-state index in [2.05, 4.69) is 43.5 Å². The number of hydrogen-bond donors (Lipinski definition) is 0. The molecule has 0 radical (unpaired) electrons. The molecule has 0 aliphatic rings. The molecule has 0 rings (SSSR count). The van der Waals surface area contributed by atoms with Crippen molar-refractivity contribution in [3.05, 3.63) is 24.3 Å². The van der Waals surface area contributed by atoms with Crippen molar-refractivity contribution in [2.24, 2.45) is 5.92 Å². The van der Waals surface area contributed by atoms with Gasteiger partial charge in [-0.25, -0.2) is 4.79 Å². The summed E-state index contributed by atoms with van der Waals surface area (Å²) < 4.78 is 4.52. The van der Waals surface area contributed by atoms with Gasteiger partial charge in [0, 0.05) is 14.1 Å². The molecule has 0 N–H and O–H groups in total. The number of hydrogen-bond acceptors (Lipinski definition) is 2. The van der Waals surface area contributed by atoms with Crippen molar-refractivity contribution in [1.29, 1.82) is 0 Å². The number of rotatable bonds is 5. The zero-order valence-electron chi connectivity index (χ0n) is 10.4. The zero-order valence-corrected chi connectivity index (χ0v) is 11.4. The normalized spacial score (nSPS) is 14.7. The van der Waals surface area contributed by atoms with Crippen molar-refractivity contribution >= 4 is 14.0 Å². The number of carbonyl (C=O) groups excluding carboxylic acids is 1. The van der Waals surface area contributed by atoms with Crippen LogP contribution in [0.25, 0.3) is 0 Å². The van der Waals surface area contributed by atoms with Crippen LogP contribution in [0.5, 0.6) is 0 Å². The zero-order chi connectivity index (χ0) is 11.9. The van der Waals surface area contributed by atoms with Crippen molar-refractivity contribution in [3.63, 3.8) is 0 Å². The minimum atomic E-state index is -0.978. The van der Waals surface area contributed by atoms with Crippen LogP contribution in [-0.2, 0) is 9.53 Å². The van der Waals surface area contributed by atoms with E-state index in [-0.39, 0.29) is 5.97 Å². The Kier molecular flexibility index (Phi) is 6.25. The Morgan fingerprint density at radius 3 is 2.40 bits per heavy atom. The highest BCUT2D eigenvalue weighted by Crippen LogP contribution is 2.10. The van der Waals surface area contributed by atoms with Crippen LogP contribution in [-0.4, -0.2) is 21.2 Å². The van der Waals surface area contributed by atoms with E-state index >= 15 is 0 Å². The van der Waals surface area contributed by atoms with E-state index in [1.165, 1.54) is 19.2 Å².